The number of aliphatic hydroxyl groups is 1. The summed E-state index contributed by atoms with van der Waals surface area (Å²) >= 11 is 0. The summed E-state index contributed by atoms with van der Waals surface area (Å²) in [5.41, 5.74) is 3.95. The van der Waals surface area contributed by atoms with Gasteiger partial charge in [0.25, 0.3) is 0 Å². The minimum Gasteiger partial charge on any atom is -0.392 e. The second-order valence-electron chi connectivity index (χ2n) is 5.72. The van der Waals surface area contributed by atoms with Gasteiger partial charge in [0.05, 0.1) is 19.3 Å². The SMILES string of the molecule is C=C1CN(C)c2nc(NCc3cccc(CO)c3)ncc2N1C. The van der Waals surface area contributed by atoms with Gasteiger partial charge < -0.3 is 20.2 Å². The van der Waals surface area contributed by atoms with Crippen LogP contribution in [-0.4, -0.2) is 35.7 Å². The van der Waals surface area contributed by atoms with E-state index in [0.29, 0.717) is 12.5 Å². The van der Waals surface area contributed by atoms with Crippen LogP contribution in [0.2, 0.25) is 0 Å². The fourth-order valence-electron chi connectivity index (χ4n) is 2.61. The van der Waals surface area contributed by atoms with E-state index in [1.54, 1.807) is 0 Å². The van der Waals surface area contributed by atoms with E-state index in [9.17, 15) is 5.11 Å². The van der Waals surface area contributed by atoms with Gasteiger partial charge in [0.15, 0.2) is 5.82 Å². The lowest BCUT2D eigenvalue weighted by atomic mass is 10.1. The summed E-state index contributed by atoms with van der Waals surface area (Å²) in [6.07, 6.45) is 1.82. The number of hydrogen-bond donors (Lipinski definition) is 2. The number of anilines is 3. The van der Waals surface area contributed by atoms with E-state index in [2.05, 4.69) is 26.8 Å². The van der Waals surface area contributed by atoms with Crippen LogP contribution in [-0.2, 0) is 13.2 Å². The lowest BCUT2D eigenvalue weighted by Gasteiger charge is -2.34. The Balaban J connectivity index is 1.77. The number of benzene rings is 1. The second-order valence-corrected chi connectivity index (χ2v) is 5.72. The van der Waals surface area contributed by atoms with Gasteiger partial charge in [-0.3, -0.25) is 0 Å². The third-order valence-corrected chi connectivity index (χ3v) is 3.99. The average Bonchev–Trinajstić information content (AvgIpc) is 2.58. The van der Waals surface area contributed by atoms with Crippen molar-refractivity contribution in [3.05, 3.63) is 53.9 Å². The molecule has 120 valence electrons. The maximum atomic E-state index is 9.19. The Kier molecular flexibility index (Phi) is 4.16. The first-order chi connectivity index (χ1) is 11.1. The predicted molar refractivity (Wildman–Crippen MR) is 92.5 cm³/mol. The molecular formula is C17H21N5O. The van der Waals surface area contributed by atoms with Gasteiger partial charge in [-0.05, 0) is 11.1 Å². The summed E-state index contributed by atoms with van der Waals surface area (Å²) < 4.78 is 0. The van der Waals surface area contributed by atoms with Crippen molar-refractivity contribution in [2.45, 2.75) is 13.2 Å². The smallest absolute Gasteiger partial charge is 0.225 e. The summed E-state index contributed by atoms with van der Waals surface area (Å²) in [5.74, 6) is 1.48. The van der Waals surface area contributed by atoms with Crippen molar-refractivity contribution in [1.29, 1.82) is 0 Å². The molecule has 0 aliphatic carbocycles. The van der Waals surface area contributed by atoms with Gasteiger partial charge in [-0.25, -0.2) is 4.98 Å². The molecule has 0 unspecified atom stereocenters. The van der Waals surface area contributed by atoms with Gasteiger partial charge in [-0.2, -0.15) is 4.98 Å². The Morgan fingerprint density at radius 1 is 1.30 bits per heavy atom. The van der Waals surface area contributed by atoms with E-state index in [1.165, 1.54) is 0 Å². The van der Waals surface area contributed by atoms with Crippen molar-refractivity contribution in [1.82, 2.24) is 9.97 Å². The van der Waals surface area contributed by atoms with Crippen molar-refractivity contribution in [3.63, 3.8) is 0 Å². The molecule has 0 radical (unpaired) electrons. The van der Waals surface area contributed by atoms with Gasteiger partial charge in [0.2, 0.25) is 5.95 Å². The summed E-state index contributed by atoms with van der Waals surface area (Å²) in [7, 11) is 3.98. The topological polar surface area (TPSA) is 64.5 Å². The number of nitrogens with one attached hydrogen (secondary N) is 1. The molecule has 0 spiro atoms. The van der Waals surface area contributed by atoms with Crippen LogP contribution in [0.4, 0.5) is 17.5 Å². The summed E-state index contributed by atoms with van der Waals surface area (Å²) in [6, 6.07) is 7.81. The highest BCUT2D eigenvalue weighted by molar-refractivity contribution is 5.72. The first kappa shape index (κ1) is 15.3. The van der Waals surface area contributed by atoms with E-state index >= 15 is 0 Å². The third kappa shape index (κ3) is 3.12. The molecule has 0 atom stereocenters. The molecule has 2 N–H and O–H groups in total. The number of aliphatic hydroxyl groups excluding tert-OH is 1. The molecule has 0 saturated heterocycles. The number of rotatable bonds is 4. The Hall–Kier alpha value is -2.60. The van der Waals surface area contributed by atoms with Gasteiger partial charge in [-0.15, -0.1) is 0 Å². The number of hydrogen-bond acceptors (Lipinski definition) is 6. The zero-order chi connectivity index (χ0) is 16.4. The highest BCUT2D eigenvalue weighted by Gasteiger charge is 2.22. The summed E-state index contributed by atoms with van der Waals surface area (Å²) in [6.45, 7) is 5.46. The maximum absolute atomic E-state index is 9.19. The van der Waals surface area contributed by atoms with E-state index in [0.717, 1.165) is 34.9 Å². The minimum atomic E-state index is 0.0458. The highest BCUT2D eigenvalue weighted by Crippen LogP contribution is 2.32. The van der Waals surface area contributed by atoms with Gasteiger partial charge in [-0.1, -0.05) is 30.8 Å². The largest absolute Gasteiger partial charge is 0.392 e. The van der Waals surface area contributed by atoms with Crippen molar-refractivity contribution >= 4 is 17.5 Å². The fourth-order valence-corrected chi connectivity index (χ4v) is 2.61. The molecule has 0 fully saturated rings. The normalized spacial score (nSPS) is 14.0. The second kappa shape index (κ2) is 6.26. The zero-order valence-electron chi connectivity index (χ0n) is 13.5. The Morgan fingerprint density at radius 2 is 2.09 bits per heavy atom. The first-order valence-electron chi connectivity index (χ1n) is 7.50. The molecule has 23 heavy (non-hydrogen) atoms. The van der Waals surface area contributed by atoms with Gasteiger partial charge >= 0.3 is 0 Å². The molecule has 0 saturated carbocycles. The Bertz CT molecular complexity index is 731. The van der Waals surface area contributed by atoms with Crippen molar-refractivity contribution in [2.75, 3.05) is 35.8 Å². The van der Waals surface area contributed by atoms with Gasteiger partial charge in [0, 0.05) is 26.3 Å². The molecule has 1 aliphatic heterocycles. The first-order valence-corrected chi connectivity index (χ1v) is 7.50. The van der Waals surface area contributed by atoms with Crippen LogP contribution in [0.15, 0.2) is 42.7 Å². The summed E-state index contributed by atoms with van der Waals surface area (Å²) in [4.78, 5) is 13.1. The van der Waals surface area contributed by atoms with Crippen LogP contribution in [0.3, 0.4) is 0 Å². The van der Waals surface area contributed by atoms with E-state index in [-0.39, 0.29) is 6.61 Å². The molecule has 6 heteroatoms. The van der Waals surface area contributed by atoms with Crippen LogP contribution in [0.5, 0.6) is 0 Å². The lowest BCUT2D eigenvalue weighted by Crippen LogP contribution is -2.35. The summed E-state index contributed by atoms with van der Waals surface area (Å²) in [5, 5.41) is 12.4. The van der Waals surface area contributed by atoms with E-state index in [4.69, 9.17) is 0 Å². The number of nitrogens with zero attached hydrogens (tertiary/aromatic N) is 4. The molecule has 2 heterocycles. The standard InChI is InChI=1S/C17H21N5O/c1-12-10-21(2)16-15(22(12)3)9-19-17(20-16)18-8-13-5-4-6-14(7-13)11-23/h4-7,9,23H,1,8,10-11H2,2-3H3,(H,18,19,20). The predicted octanol–water partition coefficient (Wildman–Crippen LogP) is 1.98. The number of likely N-dealkylation sites (N-methyl/N-ethyl adjacent to an activating group) is 2. The van der Waals surface area contributed by atoms with Crippen LogP contribution in [0.25, 0.3) is 0 Å². The van der Waals surface area contributed by atoms with Crippen LogP contribution >= 0.6 is 0 Å². The molecule has 1 aromatic carbocycles. The average molecular weight is 311 g/mol. The van der Waals surface area contributed by atoms with Crippen LogP contribution < -0.4 is 15.1 Å². The maximum Gasteiger partial charge on any atom is 0.225 e. The number of fused-ring (bicyclic) bond motifs is 1. The fraction of sp³-hybridized carbons (Fsp3) is 0.294. The lowest BCUT2D eigenvalue weighted by molar-refractivity contribution is 0.281. The van der Waals surface area contributed by atoms with E-state index in [1.807, 2.05) is 49.5 Å². The monoisotopic (exact) mass is 311 g/mol. The molecule has 0 amide bonds. The Morgan fingerprint density at radius 3 is 2.87 bits per heavy atom. The molecule has 2 aromatic rings. The minimum absolute atomic E-state index is 0.0458. The quantitative estimate of drug-likeness (QED) is 0.900. The Labute approximate surface area is 136 Å². The van der Waals surface area contributed by atoms with Crippen LogP contribution in [0, 0.1) is 0 Å². The van der Waals surface area contributed by atoms with Crippen LogP contribution in [0.1, 0.15) is 11.1 Å². The molecular weight excluding hydrogens is 290 g/mol. The van der Waals surface area contributed by atoms with Gasteiger partial charge in [0.1, 0.15) is 5.69 Å². The zero-order valence-corrected chi connectivity index (χ0v) is 13.5. The molecule has 1 aliphatic rings. The highest BCUT2D eigenvalue weighted by atomic mass is 16.3. The van der Waals surface area contributed by atoms with Crippen molar-refractivity contribution in [2.24, 2.45) is 0 Å². The molecule has 0 bridgehead atoms. The van der Waals surface area contributed by atoms with E-state index < -0.39 is 0 Å². The number of aromatic nitrogens is 2. The molecule has 1 aromatic heterocycles. The van der Waals surface area contributed by atoms with Crippen molar-refractivity contribution in [3.8, 4) is 0 Å². The third-order valence-electron chi connectivity index (χ3n) is 3.99. The molecule has 3 rings (SSSR count). The molecule has 6 nitrogen and oxygen atoms in total. The van der Waals surface area contributed by atoms with Crippen molar-refractivity contribution < 1.29 is 5.11 Å².